The first-order valence-electron chi connectivity index (χ1n) is 4.79. The first-order valence-corrected chi connectivity index (χ1v) is 5.20. The number of carbonyl (C=O) groups excluding carboxylic acids is 1. The molecule has 0 bridgehead atoms. The van der Waals surface area contributed by atoms with E-state index in [2.05, 4.69) is 9.68 Å². The van der Waals surface area contributed by atoms with Gasteiger partial charge in [0.15, 0.2) is 5.69 Å². The normalized spacial score (nSPS) is 20.8. The molecule has 86 valence electrons. The summed E-state index contributed by atoms with van der Waals surface area (Å²) in [5.74, 6) is -0.196. The summed E-state index contributed by atoms with van der Waals surface area (Å²) in [7, 11) is 0. The Morgan fingerprint density at radius 3 is 3.12 bits per heavy atom. The molecule has 1 aromatic rings. The van der Waals surface area contributed by atoms with Crippen molar-refractivity contribution in [1.82, 2.24) is 10.1 Å². The fraction of sp³-hybridized carbons (Fsp3) is 0.444. The molecule has 0 aromatic carbocycles. The highest BCUT2D eigenvalue weighted by atomic mass is 32.1. The Morgan fingerprint density at radius 2 is 2.50 bits per heavy atom. The highest BCUT2D eigenvalue weighted by molar-refractivity contribution is 7.80. The molecule has 6 nitrogen and oxygen atoms in total. The van der Waals surface area contributed by atoms with E-state index in [0.717, 1.165) is 0 Å². The lowest BCUT2D eigenvalue weighted by Crippen LogP contribution is -2.50. The Kier molecular flexibility index (Phi) is 3.16. The summed E-state index contributed by atoms with van der Waals surface area (Å²) in [5, 5.41) is 3.59. The zero-order valence-electron chi connectivity index (χ0n) is 8.46. The molecule has 0 saturated carbocycles. The quantitative estimate of drug-likeness (QED) is 0.722. The molecule has 1 amide bonds. The minimum Gasteiger partial charge on any atom is -0.391 e. The van der Waals surface area contributed by atoms with E-state index >= 15 is 0 Å². The fourth-order valence-corrected chi connectivity index (χ4v) is 1.63. The van der Waals surface area contributed by atoms with Gasteiger partial charge in [-0.05, 0) is 0 Å². The number of ether oxygens (including phenoxy) is 1. The van der Waals surface area contributed by atoms with Crippen LogP contribution in [0.1, 0.15) is 10.5 Å². The predicted molar refractivity (Wildman–Crippen MR) is 58.9 cm³/mol. The van der Waals surface area contributed by atoms with Gasteiger partial charge in [0.2, 0.25) is 0 Å². The monoisotopic (exact) mass is 241 g/mol. The zero-order valence-corrected chi connectivity index (χ0v) is 9.27. The Morgan fingerprint density at radius 1 is 1.69 bits per heavy atom. The Hall–Kier alpha value is -1.47. The molecule has 1 aliphatic heterocycles. The van der Waals surface area contributed by atoms with Gasteiger partial charge in [-0.2, -0.15) is 0 Å². The number of carbonyl (C=O) groups is 1. The number of amides is 1. The molecule has 0 aliphatic carbocycles. The van der Waals surface area contributed by atoms with Gasteiger partial charge >= 0.3 is 0 Å². The van der Waals surface area contributed by atoms with Crippen molar-refractivity contribution in [3.05, 3.63) is 18.0 Å². The number of thiocarbonyl (C=S) groups is 1. The lowest BCUT2D eigenvalue weighted by atomic mass is 10.2. The number of nitrogens with zero attached hydrogens (tertiary/aromatic N) is 2. The van der Waals surface area contributed by atoms with Crippen LogP contribution in [0.15, 0.2) is 16.9 Å². The molecule has 1 saturated heterocycles. The Balaban J connectivity index is 2.05. The topological polar surface area (TPSA) is 81.6 Å². The number of nitrogens with two attached hydrogens (primary N) is 1. The van der Waals surface area contributed by atoms with E-state index in [1.165, 1.54) is 12.3 Å². The van der Waals surface area contributed by atoms with Crippen molar-refractivity contribution in [3.8, 4) is 0 Å². The van der Waals surface area contributed by atoms with Crippen LogP contribution < -0.4 is 5.73 Å². The summed E-state index contributed by atoms with van der Waals surface area (Å²) >= 11 is 4.84. The van der Waals surface area contributed by atoms with Gasteiger partial charge in [-0.1, -0.05) is 17.4 Å². The zero-order chi connectivity index (χ0) is 11.5. The van der Waals surface area contributed by atoms with Gasteiger partial charge in [0, 0.05) is 12.6 Å². The molecular formula is C9H11N3O3S. The largest absolute Gasteiger partial charge is 0.391 e. The maximum Gasteiger partial charge on any atom is 0.276 e. The number of rotatable bonds is 2. The van der Waals surface area contributed by atoms with Gasteiger partial charge in [0.1, 0.15) is 17.4 Å². The number of morpholine rings is 1. The minimum atomic E-state index is -0.375. The third-order valence-corrected chi connectivity index (χ3v) is 2.59. The lowest BCUT2D eigenvalue weighted by molar-refractivity contribution is 0.00831. The molecule has 1 aliphatic rings. The lowest BCUT2D eigenvalue weighted by Gasteiger charge is -2.31. The van der Waals surface area contributed by atoms with Crippen LogP contribution in [0.25, 0.3) is 0 Å². The highest BCUT2D eigenvalue weighted by Crippen LogP contribution is 2.09. The van der Waals surface area contributed by atoms with Gasteiger partial charge in [-0.25, -0.2) is 0 Å². The Labute approximate surface area is 97.3 Å². The third kappa shape index (κ3) is 2.20. The Bertz CT molecular complexity index is 393. The van der Waals surface area contributed by atoms with E-state index in [9.17, 15) is 4.79 Å². The molecule has 1 fully saturated rings. The van der Waals surface area contributed by atoms with Gasteiger partial charge in [0.25, 0.3) is 5.91 Å². The van der Waals surface area contributed by atoms with Crippen LogP contribution in [0.3, 0.4) is 0 Å². The van der Waals surface area contributed by atoms with E-state index in [1.54, 1.807) is 4.90 Å². The average Bonchev–Trinajstić information content (AvgIpc) is 2.81. The summed E-state index contributed by atoms with van der Waals surface area (Å²) in [5.41, 5.74) is 5.76. The van der Waals surface area contributed by atoms with Crippen molar-refractivity contribution in [3.63, 3.8) is 0 Å². The van der Waals surface area contributed by atoms with E-state index in [-0.39, 0.29) is 22.7 Å². The van der Waals surface area contributed by atoms with Gasteiger partial charge in [-0.15, -0.1) is 0 Å². The number of aromatic nitrogens is 1. The summed E-state index contributed by atoms with van der Waals surface area (Å²) < 4.78 is 9.95. The summed E-state index contributed by atoms with van der Waals surface area (Å²) in [6.45, 7) is 1.29. The van der Waals surface area contributed by atoms with E-state index in [4.69, 9.17) is 22.7 Å². The van der Waals surface area contributed by atoms with Crippen molar-refractivity contribution in [2.75, 3.05) is 19.7 Å². The molecule has 16 heavy (non-hydrogen) atoms. The minimum absolute atomic E-state index is 0.196. The molecule has 1 unspecified atom stereocenters. The smallest absolute Gasteiger partial charge is 0.276 e. The maximum absolute atomic E-state index is 11.9. The van der Waals surface area contributed by atoms with Crippen LogP contribution in [0, 0.1) is 0 Å². The maximum atomic E-state index is 11.9. The molecule has 7 heteroatoms. The second-order valence-corrected chi connectivity index (χ2v) is 3.87. The second kappa shape index (κ2) is 4.58. The molecule has 2 heterocycles. The SMILES string of the molecule is NC(=S)C1CN(C(=O)c2ccon2)CCO1. The van der Waals surface area contributed by atoms with Crippen molar-refractivity contribution in [2.45, 2.75) is 6.10 Å². The molecular weight excluding hydrogens is 230 g/mol. The fourth-order valence-electron chi connectivity index (χ4n) is 1.49. The first kappa shape index (κ1) is 11.0. The second-order valence-electron chi connectivity index (χ2n) is 3.40. The summed E-state index contributed by atoms with van der Waals surface area (Å²) in [6, 6.07) is 1.52. The van der Waals surface area contributed by atoms with Crippen LogP contribution in [0.5, 0.6) is 0 Å². The van der Waals surface area contributed by atoms with Crippen LogP contribution in [0.2, 0.25) is 0 Å². The third-order valence-electron chi connectivity index (χ3n) is 2.33. The number of hydrogen-bond acceptors (Lipinski definition) is 5. The van der Waals surface area contributed by atoms with Gasteiger partial charge in [-0.3, -0.25) is 4.79 Å². The molecule has 1 aromatic heterocycles. The van der Waals surface area contributed by atoms with E-state index in [1.807, 2.05) is 0 Å². The van der Waals surface area contributed by atoms with Crippen molar-refractivity contribution in [2.24, 2.45) is 5.73 Å². The molecule has 1 atom stereocenters. The van der Waals surface area contributed by atoms with E-state index in [0.29, 0.717) is 19.7 Å². The number of hydrogen-bond donors (Lipinski definition) is 1. The van der Waals surface area contributed by atoms with E-state index < -0.39 is 0 Å². The van der Waals surface area contributed by atoms with Crippen molar-refractivity contribution < 1.29 is 14.1 Å². The van der Waals surface area contributed by atoms with Gasteiger partial charge < -0.3 is 19.9 Å². The molecule has 2 rings (SSSR count). The van der Waals surface area contributed by atoms with Crippen LogP contribution >= 0.6 is 12.2 Å². The standard InChI is InChI=1S/C9H11N3O3S/c10-8(16)7-5-12(2-4-14-7)9(13)6-1-3-15-11-6/h1,3,7H,2,4-5H2,(H2,10,16). The molecule has 2 N–H and O–H groups in total. The molecule has 0 radical (unpaired) electrons. The van der Waals surface area contributed by atoms with Crippen molar-refractivity contribution in [1.29, 1.82) is 0 Å². The first-order chi connectivity index (χ1) is 7.68. The van der Waals surface area contributed by atoms with Gasteiger partial charge in [0.05, 0.1) is 13.2 Å². The average molecular weight is 241 g/mol. The summed E-state index contributed by atoms with van der Waals surface area (Å²) in [4.78, 5) is 13.8. The predicted octanol–water partition coefficient (Wildman–Crippen LogP) is -0.198. The van der Waals surface area contributed by atoms with Crippen molar-refractivity contribution >= 4 is 23.1 Å². The van der Waals surface area contributed by atoms with Crippen LogP contribution in [-0.2, 0) is 4.74 Å². The van der Waals surface area contributed by atoms with Crippen LogP contribution in [0.4, 0.5) is 0 Å². The summed E-state index contributed by atoms with van der Waals surface area (Å²) in [6.07, 6.45) is 0.984. The van der Waals surface area contributed by atoms with Crippen LogP contribution in [-0.4, -0.2) is 46.8 Å². The highest BCUT2D eigenvalue weighted by Gasteiger charge is 2.27. The molecule has 0 spiro atoms.